The molecule has 1 aromatic carbocycles. The van der Waals surface area contributed by atoms with Crippen LogP contribution in [0.2, 0.25) is 0 Å². The molecule has 3 atom stereocenters. The van der Waals surface area contributed by atoms with Crippen LogP contribution >= 0.6 is 0 Å². The summed E-state index contributed by atoms with van der Waals surface area (Å²) in [5, 5.41) is 13.1. The first-order valence-corrected chi connectivity index (χ1v) is 5.67. The van der Waals surface area contributed by atoms with E-state index < -0.39 is 6.10 Å². The molecule has 0 radical (unpaired) electrons. The number of benzene rings is 1. The van der Waals surface area contributed by atoms with Gasteiger partial charge in [-0.15, -0.1) is 0 Å². The molecule has 1 aromatic rings. The van der Waals surface area contributed by atoms with Gasteiger partial charge < -0.3 is 20.9 Å². The summed E-state index contributed by atoms with van der Waals surface area (Å²) in [4.78, 5) is 0. The van der Waals surface area contributed by atoms with E-state index in [1.54, 1.807) is 0 Å². The van der Waals surface area contributed by atoms with Gasteiger partial charge in [0.05, 0.1) is 24.9 Å². The molecule has 0 saturated carbocycles. The van der Waals surface area contributed by atoms with Crippen molar-refractivity contribution in [1.29, 1.82) is 0 Å². The Morgan fingerprint density at radius 3 is 3.19 bits per heavy atom. The molecule has 4 nitrogen and oxygen atoms in total. The number of nitrogens with two attached hydrogens (primary N) is 1. The quantitative estimate of drug-likeness (QED) is 0.653. The van der Waals surface area contributed by atoms with Gasteiger partial charge in [-0.2, -0.15) is 0 Å². The first kappa shape index (κ1) is 10.1. The first-order chi connectivity index (χ1) is 7.78. The number of aliphatic hydroxyl groups excluding tert-OH is 1. The number of aliphatic hydroxyl groups is 1. The van der Waals surface area contributed by atoms with Crippen molar-refractivity contribution in [2.45, 2.75) is 31.2 Å². The maximum Gasteiger partial charge on any atom is 0.0975 e. The van der Waals surface area contributed by atoms with Crippen LogP contribution < -0.4 is 11.1 Å². The second-order valence-corrected chi connectivity index (χ2v) is 4.50. The van der Waals surface area contributed by atoms with Crippen molar-refractivity contribution in [2.75, 3.05) is 11.9 Å². The molecular formula is C12H16N2O2. The largest absolute Gasteiger partial charge is 0.389 e. The average molecular weight is 220 g/mol. The van der Waals surface area contributed by atoms with E-state index in [9.17, 15) is 5.11 Å². The van der Waals surface area contributed by atoms with E-state index in [4.69, 9.17) is 10.5 Å². The minimum atomic E-state index is -0.404. The number of hydrogen-bond acceptors (Lipinski definition) is 4. The van der Waals surface area contributed by atoms with E-state index in [1.807, 2.05) is 12.1 Å². The Labute approximate surface area is 94.4 Å². The van der Waals surface area contributed by atoms with Crippen LogP contribution in [-0.4, -0.2) is 23.9 Å². The third kappa shape index (κ3) is 1.50. The molecule has 2 aliphatic heterocycles. The zero-order chi connectivity index (χ0) is 11.1. The van der Waals surface area contributed by atoms with Crippen LogP contribution in [-0.2, 0) is 11.3 Å². The van der Waals surface area contributed by atoms with Crippen LogP contribution in [0.5, 0.6) is 0 Å². The van der Waals surface area contributed by atoms with E-state index in [1.165, 1.54) is 5.56 Å². The summed E-state index contributed by atoms with van der Waals surface area (Å²) >= 11 is 0. The minimum Gasteiger partial charge on any atom is -0.389 e. The molecule has 3 rings (SSSR count). The smallest absolute Gasteiger partial charge is 0.0975 e. The first-order valence-electron chi connectivity index (χ1n) is 5.67. The molecule has 16 heavy (non-hydrogen) atoms. The lowest BCUT2D eigenvalue weighted by Gasteiger charge is -2.40. The number of anilines is 1. The molecule has 0 aromatic heterocycles. The summed E-state index contributed by atoms with van der Waals surface area (Å²) < 4.78 is 5.66. The average Bonchev–Trinajstić information content (AvgIpc) is 2.33. The molecule has 1 fully saturated rings. The van der Waals surface area contributed by atoms with Crippen molar-refractivity contribution >= 4 is 5.69 Å². The maximum absolute atomic E-state index is 9.74. The predicted octanol–water partition coefficient (Wildman–Crippen LogP) is 0.762. The molecule has 0 amide bonds. The number of fused-ring (bicyclic) bond motifs is 4. The zero-order valence-corrected chi connectivity index (χ0v) is 9.02. The molecule has 0 aliphatic carbocycles. The Bertz CT molecular complexity index is 408. The number of ether oxygens (including phenoxy) is 1. The fourth-order valence-corrected chi connectivity index (χ4v) is 2.50. The van der Waals surface area contributed by atoms with Gasteiger partial charge in [0.25, 0.3) is 0 Å². The van der Waals surface area contributed by atoms with Crippen LogP contribution in [0.4, 0.5) is 5.69 Å². The van der Waals surface area contributed by atoms with E-state index in [2.05, 4.69) is 11.4 Å². The van der Waals surface area contributed by atoms with Crippen molar-refractivity contribution in [3.05, 3.63) is 29.3 Å². The normalized spacial score (nSPS) is 31.8. The van der Waals surface area contributed by atoms with E-state index in [-0.39, 0.29) is 12.1 Å². The van der Waals surface area contributed by atoms with Gasteiger partial charge in [-0.05, 0) is 17.7 Å². The van der Waals surface area contributed by atoms with Crippen LogP contribution in [0.1, 0.15) is 23.7 Å². The number of hydrogen-bond donors (Lipinski definition) is 3. The van der Waals surface area contributed by atoms with Crippen LogP contribution in [0.25, 0.3) is 0 Å². The summed E-state index contributed by atoms with van der Waals surface area (Å²) in [5.74, 6) is 0. The monoisotopic (exact) mass is 220 g/mol. The zero-order valence-electron chi connectivity index (χ0n) is 9.02. The van der Waals surface area contributed by atoms with Gasteiger partial charge in [0.1, 0.15) is 0 Å². The summed E-state index contributed by atoms with van der Waals surface area (Å²) in [7, 11) is 0. The molecule has 0 unspecified atom stereocenters. The van der Waals surface area contributed by atoms with Gasteiger partial charge in [-0.25, -0.2) is 0 Å². The van der Waals surface area contributed by atoms with E-state index >= 15 is 0 Å². The standard InChI is InChI=1S/C12H16N2O2/c13-5-7-1-2-9-8(3-7)12-4-10(14-9)11(15)6-16-12/h1-3,10-12,14-15H,4-6,13H2/t10-,11-,12-/m1/s1. The SMILES string of the molecule is NCc1ccc2c(c1)[C@H]1C[C@@H](N2)[C@H](O)CO1. The third-order valence-electron chi connectivity index (χ3n) is 3.44. The number of rotatable bonds is 1. The Morgan fingerprint density at radius 2 is 2.38 bits per heavy atom. The van der Waals surface area contributed by atoms with Crippen LogP contribution in [0, 0.1) is 0 Å². The Hall–Kier alpha value is -1.10. The predicted molar refractivity (Wildman–Crippen MR) is 61.1 cm³/mol. The molecule has 0 spiro atoms. The highest BCUT2D eigenvalue weighted by molar-refractivity contribution is 5.57. The fraction of sp³-hybridized carbons (Fsp3) is 0.500. The molecule has 4 heteroatoms. The lowest BCUT2D eigenvalue weighted by Crippen LogP contribution is -2.46. The Morgan fingerprint density at radius 1 is 1.50 bits per heavy atom. The molecular weight excluding hydrogens is 204 g/mol. The summed E-state index contributed by atoms with van der Waals surface area (Å²) in [6.07, 6.45) is 0.539. The van der Waals surface area contributed by atoms with Crippen molar-refractivity contribution in [3.63, 3.8) is 0 Å². The van der Waals surface area contributed by atoms with Gasteiger partial charge in [-0.1, -0.05) is 6.07 Å². The molecule has 86 valence electrons. The molecule has 1 saturated heterocycles. The van der Waals surface area contributed by atoms with E-state index in [0.29, 0.717) is 13.2 Å². The molecule has 2 aliphatic rings. The fourth-order valence-electron chi connectivity index (χ4n) is 2.50. The Balaban J connectivity index is 1.99. The minimum absolute atomic E-state index is 0.108. The topological polar surface area (TPSA) is 67.5 Å². The highest BCUT2D eigenvalue weighted by Crippen LogP contribution is 2.39. The maximum atomic E-state index is 9.74. The van der Waals surface area contributed by atoms with Crippen molar-refractivity contribution < 1.29 is 9.84 Å². The second-order valence-electron chi connectivity index (χ2n) is 4.50. The molecule has 2 heterocycles. The highest BCUT2D eigenvalue weighted by atomic mass is 16.5. The summed E-state index contributed by atoms with van der Waals surface area (Å²) in [6, 6.07) is 6.26. The van der Waals surface area contributed by atoms with Gasteiger partial charge in [0, 0.05) is 24.2 Å². The lowest BCUT2D eigenvalue weighted by atomic mass is 9.89. The third-order valence-corrected chi connectivity index (χ3v) is 3.44. The van der Waals surface area contributed by atoms with Crippen molar-refractivity contribution in [1.82, 2.24) is 0 Å². The molecule has 4 N–H and O–H groups in total. The van der Waals surface area contributed by atoms with Gasteiger partial charge in [0.15, 0.2) is 0 Å². The van der Waals surface area contributed by atoms with Crippen LogP contribution in [0.15, 0.2) is 18.2 Å². The second kappa shape index (κ2) is 3.73. The summed E-state index contributed by atoms with van der Waals surface area (Å²) in [5.41, 5.74) is 8.99. The van der Waals surface area contributed by atoms with Crippen LogP contribution in [0.3, 0.4) is 0 Å². The molecule has 2 bridgehead atoms. The Kier molecular flexibility index (Phi) is 2.35. The number of nitrogens with one attached hydrogen (secondary N) is 1. The van der Waals surface area contributed by atoms with Gasteiger partial charge in [-0.3, -0.25) is 0 Å². The van der Waals surface area contributed by atoms with Gasteiger partial charge in [0.2, 0.25) is 0 Å². The lowest BCUT2D eigenvalue weighted by molar-refractivity contribution is -0.0672. The van der Waals surface area contributed by atoms with E-state index in [0.717, 1.165) is 17.7 Å². The summed E-state index contributed by atoms with van der Waals surface area (Å²) in [6.45, 7) is 0.959. The van der Waals surface area contributed by atoms with Crippen molar-refractivity contribution in [3.8, 4) is 0 Å². The van der Waals surface area contributed by atoms with Crippen molar-refractivity contribution in [2.24, 2.45) is 5.73 Å². The highest BCUT2D eigenvalue weighted by Gasteiger charge is 2.36. The van der Waals surface area contributed by atoms with Gasteiger partial charge >= 0.3 is 0 Å².